The van der Waals surface area contributed by atoms with E-state index in [0.29, 0.717) is 5.92 Å². The van der Waals surface area contributed by atoms with Gasteiger partial charge in [-0.15, -0.1) is 0 Å². The van der Waals surface area contributed by atoms with Crippen LogP contribution in [0, 0.1) is 5.92 Å². The van der Waals surface area contributed by atoms with Gasteiger partial charge < -0.3 is 9.88 Å². The van der Waals surface area contributed by atoms with E-state index < -0.39 is 0 Å². The predicted molar refractivity (Wildman–Crippen MR) is 236 cm³/mol. The molecule has 2 aliphatic rings. The molecule has 56 heavy (non-hydrogen) atoms. The van der Waals surface area contributed by atoms with E-state index >= 15 is 0 Å². The van der Waals surface area contributed by atoms with Gasteiger partial charge in [0.2, 0.25) is 0 Å². The molecule has 2 heterocycles. The monoisotopic (exact) mass is 719 g/mol. The lowest BCUT2D eigenvalue weighted by molar-refractivity contribution is 0.739. The summed E-state index contributed by atoms with van der Waals surface area (Å²) in [6.07, 6.45) is 10.3. The summed E-state index contributed by atoms with van der Waals surface area (Å²) in [7, 11) is 0. The van der Waals surface area contributed by atoms with Gasteiger partial charge >= 0.3 is 0 Å². The molecule has 1 N–H and O–H groups in total. The molecule has 8 aromatic rings. The van der Waals surface area contributed by atoms with Gasteiger partial charge in [-0.2, -0.15) is 0 Å². The van der Waals surface area contributed by atoms with E-state index in [-0.39, 0.29) is 6.04 Å². The van der Waals surface area contributed by atoms with Gasteiger partial charge in [0.05, 0.1) is 22.8 Å². The van der Waals surface area contributed by atoms with Crippen molar-refractivity contribution in [3.05, 3.63) is 222 Å². The number of hydrogen-bond acceptors (Lipinski definition) is 2. The maximum atomic E-state index is 5.14. The summed E-state index contributed by atoms with van der Waals surface area (Å²) in [5.74, 6) is 1.42. The van der Waals surface area contributed by atoms with E-state index in [2.05, 4.69) is 211 Å². The Balaban J connectivity index is 1.01. The molecule has 268 valence electrons. The number of amidine groups is 1. The molecule has 10 rings (SSSR count). The van der Waals surface area contributed by atoms with Crippen LogP contribution in [0.1, 0.15) is 41.6 Å². The van der Waals surface area contributed by atoms with Crippen LogP contribution in [0.4, 0.5) is 0 Å². The van der Waals surface area contributed by atoms with E-state index in [0.717, 1.165) is 34.8 Å². The number of fused-ring (bicyclic) bond motifs is 3. The first kappa shape index (κ1) is 33.6. The lowest BCUT2D eigenvalue weighted by Gasteiger charge is -2.24. The third-order valence-corrected chi connectivity index (χ3v) is 11.2. The van der Waals surface area contributed by atoms with Crippen molar-refractivity contribution in [2.45, 2.75) is 19.4 Å². The van der Waals surface area contributed by atoms with Gasteiger partial charge in [0.25, 0.3) is 0 Å². The SMILES string of the molecule is CC1C=CC(c2cc(-c3ccc(C4=NC(c5ccccc5)=CC(c5ccccc5)N4)cc3)cc(-c3ccc(-n4c5ccccc5c5ccccc54)cc3)c2)=CC1. The first-order chi connectivity index (χ1) is 27.6. The second-order valence-corrected chi connectivity index (χ2v) is 14.9. The Kier molecular flexibility index (Phi) is 8.61. The Labute approximate surface area is 328 Å². The molecule has 3 heteroatoms. The Morgan fingerprint density at radius 1 is 0.536 bits per heavy atom. The zero-order valence-corrected chi connectivity index (χ0v) is 31.3. The number of allylic oxidation sites excluding steroid dienone is 4. The van der Waals surface area contributed by atoms with Gasteiger partial charge in [0, 0.05) is 22.0 Å². The first-order valence-electron chi connectivity index (χ1n) is 19.6. The van der Waals surface area contributed by atoms with Crippen molar-refractivity contribution >= 4 is 38.9 Å². The molecule has 1 aliphatic heterocycles. The molecule has 2 unspecified atom stereocenters. The molecule has 0 spiro atoms. The van der Waals surface area contributed by atoms with Crippen molar-refractivity contribution in [2.75, 3.05) is 0 Å². The number of hydrogen-bond donors (Lipinski definition) is 1. The van der Waals surface area contributed by atoms with Crippen LogP contribution in [-0.4, -0.2) is 10.4 Å². The maximum absolute atomic E-state index is 5.14. The molecule has 1 aliphatic carbocycles. The van der Waals surface area contributed by atoms with Gasteiger partial charge in [-0.3, -0.25) is 0 Å². The minimum absolute atomic E-state index is 0.0127. The van der Waals surface area contributed by atoms with Gasteiger partial charge in [0.1, 0.15) is 5.84 Å². The highest BCUT2D eigenvalue weighted by Crippen LogP contribution is 2.36. The normalized spacial score (nSPS) is 16.6. The van der Waals surface area contributed by atoms with E-state index in [1.807, 2.05) is 6.07 Å². The molecular weight excluding hydrogens is 679 g/mol. The van der Waals surface area contributed by atoms with E-state index in [4.69, 9.17) is 4.99 Å². The van der Waals surface area contributed by atoms with Crippen LogP contribution < -0.4 is 5.32 Å². The van der Waals surface area contributed by atoms with Crippen LogP contribution in [0.15, 0.2) is 205 Å². The summed E-state index contributed by atoms with van der Waals surface area (Å²) in [6, 6.07) is 63.4. The van der Waals surface area contributed by atoms with Crippen LogP contribution in [0.25, 0.3) is 61.0 Å². The Hall–Kier alpha value is -6.97. The van der Waals surface area contributed by atoms with Gasteiger partial charge in [-0.1, -0.05) is 159 Å². The largest absolute Gasteiger partial charge is 0.359 e. The number of nitrogens with one attached hydrogen (secondary N) is 1. The fourth-order valence-corrected chi connectivity index (χ4v) is 8.19. The van der Waals surface area contributed by atoms with Crippen LogP contribution in [0.5, 0.6) is 0 Å². The summed E-state index contributed by atoms with van der Waals surface area (Å²) in [4.78, 5) is 5.14. The van der Waals surface area contributed by atoms with Crippen LogP contribution in [0.3, 0.4) is 0 Å². The van der Waals surface area contributed by atoms with Crippen LogP contribution >= 0.6 is 0 Å². The molecule has 1 aromatic heterocycles. The smallest absolute Gasteiger partial charge is 0.134 e. The van der Waals surface area contributed by atoms with E-state index in [1.54, 1.807) is 0 Å². The minimum atomic E-state index is 0.0127. The lowest BCUT2D eigenvalue weighted by Crippen LogP contribution is -2.31. The van der Waals surface area contributed by atoms with Crippen molar-refractivity contribution in [1.29, 1.82) is 0 Å². The molecule has 0 amide bonds. The van der Waals surface area contributed by atoms with Gasteiger partial charge in [-0.05, 0) is 105 Å². The van der Waals surface area contributed by atoms with Crippen molar-refractivity contribution in [3.8, 4) is 27.9 Å². The fourth-order valence-electron chi connectivity index (χ4n) is 8.19. The third-order valence-electron chi connectivity index (χ3n) is 11.2. The standard InChI is InChI=1S/C53H41N3/c1-36-20-22-37(23-21-36)43-32-44(34-45(33-43)39-28-30-46(31-29-39)56-51-18-10-8-16-47(51)48-17-9-11-19-52(48)56)38-24-26-42(27-25-38)53-54-49(40-12-4-2-5-13-40)35-50(55-53)41-14-6-3-7-15-41/h2-20,22-36,49H,21H2,1H3,(H,54,55). The number of rotatable bonds is 7. The molecule has 2 atom stereocenters. The molecule has 0 saturated carbocycles. The lowest BCUT2D eigenvalue weighted by atomic mass is 9.89. The number of nitrogens with zero attached hydrogens (tertiary/aromatic N) is 2. The summed E-state index contributed by atoms with van der Waals surface area (Å²) in [6.45, 7) is 2.28. The second-order valence-electron chi connectivity index (χ2n) is 14.9. The Morgan fingerprint density at radius 2 is 1.09 bits per heavy atom. The summed E-state index contributed by atoms with van der Waals surface area (Å²) in [5.41, 5.74) is 15.2. The number of aliphatic imine (C=N–C) groups is 1. The zero-order valence-electron chi connectivity index (χ0n) is 31.3. The highest BCUT2D eigenvalue weighted by Gasteiger charge is 2.20. The van der Waals surface area contributed by atoms with E-state index in [9.17, 15) is 0 Å². The number of aromatic nitrogens is 1. The Morgan fingerprint density at radius 3 is 1.71 bits per heavy atom. The summed E-state index contributed by atoms with van der Waals surface area (Å²) in [5, 5.41) is 6.27. The molecule has 7 aromatic carbocycles. The van der Waals surface area contributed by atoms with Gasteiger partial charge in [-0.25, -0.2) is 4.99 Å². The molecule has 0 saturated heterocycles. The van der Waals surface area contributed by atoms with Crippen molar-refractivity contribution in [3.63, 3.8) is 0 Å². The minimum Gasteiger partial charge on any atom is -0.359 e. The predicted octanol–water partition coefficient (Wildman–Crippen LogP) is 13.2. The zero-order chi connectivity index (χ0) is 37.4. The summed E-state index contributed by atoms with van der Waals surface area (Å²) >= 11 is 0. The molecule has 3 nitrogen and oxygen atoms in total. The molecular formula is C53H41N3. The molecule has 0 radical (unpaired) electrons. The average molecular weight is 720 g/mol. The highest BCUT2D eigenvalue weighted by atomic mass is 15.0. The second kappa shape index (κ2) is 14.4. The average Bonchev–Trinajstić information content (AvgIpc) is 3.61. The molecule has 0 fully saturated rings. The van der Waals surface area contributed by atoms with Crippen molar-refractivity contribution in [2.24, 2.45) is 10.9 Å². The van der Waals surface area contributed by atoms with Crippen LogP contribution in [-0.2, 0) is 0 Å². The topological polar surface area (TPSA) is 29.3 Å². The van der Waals surface area contributed by atoms with Gasteiger partial charge in [0.15, 0.2) is 0 Å². The quantitative estimate of drug-likeness (QED) is 0.175. The first-order valence-corrected chi connectivity index (χ1v) is 19.6. The van der Waals surface area contributed by atoms with Crippen molar-refractivity contribution in [1.82, 2.24) is 9.88 Å². The van der Waals surface area contributed by atoms with Crippen LogP contribution in [0.2, 0.25) is 0 Å². The highest BCUT2D eigenvalue weighted by molar-refractivity contribution is 6.09. The van der Waals surface area contributed by atoms with E-state index in [1.165, 1.54) is 60.8 Å². The third kappa shape index (κ3) is 6.37. The van der Waals surface area contributed by atoms with Crippen molar-refractivity contribution < 1.29 is 0 Å². The number of para-hydroxylation sites is 2. The number of benzene rings is 7. The molecule has 0 bridgehead atoms. The summed E-state index contributed by atoms with van der Waals surface area (Å²) < 4.78 is 2.38. The maximum Gasteiger partial charge on any atom is 0.134 e. The fraction of sp³-hybridized carbons (Fsp3) is 0.0755. The Bertz CT molecular complexity index is 2780.